The van der Waals surface area contributed by atoms with Crippen molar-refractivity contribution in [3.05, 3.63) is 34.9 Å². The van der Waals surface area contributed by atoms with E-state index in [4.69, 9.17) is 5.26 Å². The zero-order valence-electron chi connectivity index (χ0n) is 11.0. The van der Waals surface area contributed by atoms with E-state index >= 15 is 0 Å². The van der Waals surface area contributed by atoms with E-state index in [-0.39, 0.29) is 23.1 Å². The Morgan fingerprint density at radius 1 is 1.28 bits per heavy atom. The van der Waals surface area contributed by atoms with Gasteiger partial charge in [-0.25, -0.2) is 8.78 Å². The summed E-state index contributed by atoms with van der Waals surface area (Å²) in [5, 5.41) is 11.6. The van der Waals surface area contributed by atoms with E-state index in [1.54, 1.807) is 6.07 Å². The second-order valence-corrected chi connectivity index (χ2v) is 5.15. The van der Waals surface area contributed by atoms with Gasteiger partial charge >= 0.3 is 0 Å². The summed E-state index contributed by atoms with van der Waals surface area (Å²) in [6.45, 7) is 7.07. The molecule has 0 fully saturated rings. The molecule has 0 amide bonds. The second-order valence-electron chi connectivity index (χ2n) is 5.15. The van der Waals surface area contributed by atoms with Crippen LogP contribution in [0.1, 0.15) is 38.3 Å². The fraction of sp³-hybridized carbons (Fsp3) is 0.500. The Morgan fingerprint density at radius 3 is 2.28 bits per heavy atom. The minimum Gasteiger partial charge on any atom is -0.312 e. The molecule has 0 unspecified atom stereocenters. The van der Waals surface area contributed by atoms with Crippen LogP contribution in [0.3, 0.4) is 0 Å². The fourth-order valence-electron chi connectivity index (χ4n) is 1.49. The van der Waals surface area contributed by atoms with Crippen LogP contribution >= 0.6 is 0 Å². The monoisotopic (exact) mass is 252 g/mol. The molecule has 0 spiro atoms. The lowest BCUT2D eigenvalue weighted by atomic mass is 9.90. The summed E-state index contributed by atoms with van der Waals surface area (Å²) in [5.74, 6) is -1.35. The van der Waals surface area contributed by atoms with Gasteiger partial charge in [0.05, 0.1) is 11.6 Å². The molecule has 0 saturated heterocycles. The zero-order chi connectivity index (χ0) is 13.8. The molecular weight excluding hydrogens is 234 g/mol. The van der Waals surface area contributed by atoms with Gasteiger partial charge in [0.15, 0.2) is 0 Å². The molecule has 18 heavy (non-hydrogen) atoms. The third-order valence-electron chi connectivity index (χ3n) is 3.13. The molecule has 1 aromatic carbocycles. The van der Waals surface area contributed by atoms with Crippen LogP contribution in [0.15, 0.2) is 12.1 Å². The quantitative estimate of drug-likeness (QED) is 0.872. The first kappa shape index (κ1) is 14.6. The first-order chi connectivity index (χ1) is 8.39. The van der Waals surface area contributed by atoms with Gasteiger partial charge in [0.2, 0.25) is 0 Å². The fourth-order valence-corrected chi connectivity index (χ4v) is 1.49. The first-order valence-corrected chi connectivity index (χ1v) is 5.98. The Kier molecular flexibility index (Phi) is 4.80. The van der Waals surface area contributed by atoms with Gasteiger partial charge in [-0.1, -0.05) is 20.8 Å². The van der Waals surface area contributed by atoms with E-state index in [0.717, 1.165) is 18.6 Å². The minimum atomic E-state index is -0.673. The SMILES string of the molecule is CCC(C)(C)CNCc1c(F)cc(C#N)cc1F. The summed E-state index contributed by atoms with van der Waals surface area (Å²) < 4.78 is 27.1. The number of nitrogens with one attached hydrogen (secondary N) is 1. The number of hydrogen-bond acceptors (Lipinski definition) is 2. The summed E-state index contributed by atoms with van der Waals surface area (Å²) >= 11 is 0. The van der Waals surface area contributed by atoms with Gasteiger partial charge in [-0.15, -0.1) is 0 Å². The van der Waals surface area contributed by atoms with E-state index in [1.165, 1.54) is 0 Å². The number of nitrogens with zero attached hydrogens (tertiary/aromatic N) is 1. The van der Waals surface area contributed by atoms with Crippen molar-refractivity contribution < 1.29 is 8.78 Å². The van der Waals surface area contributed by atoms with Crippen LogP contribution in [0, 0.1) is 28.4 Å². The number of hydrogen-bond donors (Lipinski definition) is 1. The van der Waals surface area contributed by atoms with Crippen molar-refractivity contribution in [2.75, 3.05) is 6.54 Å². The maximum Gasteiger partial charge on any atom is 0.131 e. The molecule has 1 rings (SSSR count). The molecule has 0 heterocycles. The van der Waals surface area contributed by atoms with Crippen molar-refractivity contribution in [3.8, 4) is 6.07 Å². The van der Waals surface area contributed by atoms with Crippen molar-refractivity contribution in [1.82, 2.24) is 5.32 Å². The maximum atomic E-state index is 13.6. The summed E-state index contributed by atoms with van der Waals surface area (Å²) in [5.41, 5.74) is 0.0862. The second kappa shape index (κ2) is 5.92. The van der Waals surface area contributed by atoms with Crippen molar-refractivity contribution >= 4 is 0 Å². The van der Waals surface area contributed by atoms with E-state index in [9.17, 15) is 8.78 Å². The molecule has 1 N–H and O–H groups in total. The molecular formula is C14H18F2N2. The normalized spacial score (nSPS) is 11.3. The Hall–Kier alpha value is -1.47. The summed E-state index contributed by atoms with van der Waals surface area (Å²) in [4.78, 5) is 0. The lowest BCUT2D eigenvalue weighted by Crippen LogP contribution is -2.29. The molecule has 0 bridgehead atoms. The van der Waals surface area contributed by atoms with Crippen LogP contribution in [-0.2, 0) is 6.54 Å². The Labute approximate surface area is 107 Å². The number of rotatable bonds is 5. The highest BCUT2D eigenvalue weighted by Crippen LogP contribution is 2.19. The predicted octanol–water partition coefficient (Wildman–Crippen LogP) is 3.36. The molecule has 2 nitrogen and oxygen atoms in total. The van der Waals surface area contributed by atoms with Crippen LogP contribution in [-0.4, -0.2) is 6.54 Å². The van der Waals surface area contributed by atoms with Crippen molar-refractivity contribution in [2.24, 2.45) is 5.41 Å². The van der Waals surface area contributed by atoms with Gasteiger partial charge in [-0.05, 0) is 24.0 Å². The smallest absolute Gasteiger partial charge is 0.131 e. The number of halogens is 2. The molecule has 4 heteroatoms. The summed E-state index contributed by atoms with van der Waals surface area (Å²) in [6.07, 6.45) is 0.984. The zero-order valence-corrected chi connectivity index (χ0v) is 11.0. The topological polar surface area (TPSA) is 35.8 Å². The maximum absolute atomic E-state index is 13.6. The van der Waals surface area contributed by atoms with Gasteiger partial charge in [0.1, 0.15) is 11.6 Å². The van der Waals surface area contributed by atoms with E-state index in [0.29, 0.717) is 6.54 Å². The lowest BCUT2D eigenvalue weighted by molar-refractivity contribution is 0.325. The average Bonchev–Trinajstić information content (AvgIpc) is 2.32. The first-order valence-electron chi connectivity index (χ1n) is 5.98. The molecule has 0 saturated carbocycles. The molecule has 1 aromatic rings. The highest BCUT2D eigenvalue weighted by molar-refractivity contribution is 5.34. The van der Waals surface area contributed by atoms with Gasteiger partial charge in [-0.2, -0.15) is 5.26 Å². The average molecular weight is 252 g/mol. The largest absolute Gasteiger partial charge is 0.312 e. The van der Waals surface area contributed by atoms with Crippen molar-refractivity contribution in [3.63, 3.8) is 0 Å². The van der Waals surface area contributed by atoms with Gasteiger partial charge < -0.3 is 5.32 Å². The molecule has 0 atom stereocenters. The number of nitriles is 1. The Balaban J connectivity index is 2.72. The van der Waals surface area contributed by atoms with Crippen molar-refractivity contribution in [1.29, 1.82) is 5.26 Å². The van der Waals surface area contributed by atoms with Crippen LogP contribution in [0.2, 0.25) is 0 Å². The molecule has 0 aliphatic carbocycles. The van der Waals surface area contributed by atoms with Crippen molar-refractivity contribution in [2.45, 2.75) is 33.7 Å². The highest BCUT2D eigenvalue weighted by atomic mass is 19.1. The van der Waals surface area contributed by atoms with Gasteiger partial charge in [0.25, 0.3) is 0 Å². The Morgan fingerprint density at radius 2 is 1.83 bits per heavy atom. The molecule has 0 aromatic heterocycles. The van der Waals surface area contributed by atoms with Crippen LogP contribution in [0.25, 0.3) is 0 Å². The van der Waals surface area contributed by atoms with Crippen LogP contribution < -0.4 is 5.32 Å². The van der Waals surface area contributed by atoms with Gasteiger partial charge in [0, 0.05) is 18.7 Å². The lowest BCUT2D eigenvalue weighted by Gasteiger charge is -2.23. The third-order valence-corrected chi connectivity index (χ3v) is 3.13. The van der Waals surface area contributed by atoms with Crippen LogP contribution in [0.5, 0.6) is 0 Å². The predicted molar refractivity (Wildman–Crippen MR) is 66.9 cm³/mol. The highest BCUT2D eigenvalue weighted by Gasteiger charge is 2.16. The molecule has 0 radical (unpaired) electrons. The van der Waals surface area contributed by atoms with E-state index in [2.05, 4.69) is 26.1 Å². The molecule has 0 aliphatic rings. The molecule has 98 valence electrons. The number of benzene rings is 1. The Bertz CT molecular complexity index is 438. The van der Waals surface area contributed by atoms with Crippen LogP contribution in [0.4, 0.5) is 8.78 Å². The minimum absolute atomic E-state index is 0.00244. The third kappa shape index (κ3) is 3.78. The summed E-state index contributed by atoms with van der Waals surface area (Å²) in [6, 6.07) is 3.85. The summed E-state index contributed by atoms with van der Waals surface area (Å²) in [7, 11) is 0. The van der Waals surface area contributed by atoms with Gasteiger partial charge in [-0.3, -0.25) is 0 Å². The van der Waals surface area contributed by atoms with E-state index in [1.807, 2.05) is 0 Å². The standard InChI is InChI=1S/C14H18F2N2/c1-4-14(2,3)9-18-8-11-12(15)5-10(7-17)6-13(11)16/h5-6,18H,4,8-9H2,1-3H3. The van der Waals surface area contributed by atoms with E-state index < -0.39 is 11.6 Å². The molecule has 0 aliphatic heterocycles.